The summed E-state index contributed by atoms with van der Waals surface area (Å²) in [7, 11) is 2.07. The molecule has 1 aliphatic rings. The summed E-state index contributed by atoms with van der Waals surface area (Å²) in [4.78, 5) is 34.2. The molecule has 37 heavy (non-hydrogen) atoms. The van der Waals surface area contributed by atoms with Gasteiger partial charge in [-0.25, -0.2) is 0 Å². The van der Waals surface area contributed by atoms with E-state index in [1.165, 1.54) is 0 Å². The average Bonchev–Trinajstić information content (AvgIpc) is 2.95. The van der Waals surface area contributed by atoms with Crippen LogP contribution in [0.25, 0.3) is 11.3 Å². The first kappa shape index (κ1) is 24.2. The summed E-state index contributed by atoms with van der Waals surface area (Å²) in [6, 6.07) is 27.6. The fraction of sp³-hybridized carbons (Fsp3) is 0.167. The number of pyridine rings is 1. The molecule has 4 aromatic rings. The summed E-state index contributed by atoms with van der Waals surface area (Å²) < 4.78 is 5.80. The summed E-state index contributed by atoms with van der Waals surface area (Å²) in [6.45, 7) is 3.24. The first-order valence-electron chi connectivity index (χ1n) is 12.2. The van der Waals surface area contributed by atoms with Crippen molar-refractivity contribution >= 4 is 17.5 Å². The lowest BCUT2D eigenvalue weighted by Gasteiger charge is -2.32. The minimum absolute atomic E-state index is 0.0425. The monoisotopic (exact) mass is 492 g/mol. The Morgan fingerprint density at radius 1 is 0.784 bits per heavy atom. The maximum absolute atomic E-state index is 12.9. The number of para-hydroxylation sites is 1. The molecule has 5 rings (SSSR count). The highest BCUT2D eigenvalue weighted by Gasteiger charge is 2.20. The van der Waals surface area contributed by atoms with E-state index in [1.807, 2.05) is 71.6 Å². The molecule has 7 nitrogen and oxygen atoms in total. The number of carbonyl (C=O) groups excluding carboxylic acids is 2. The molecule has 7 heteroatoms. The number of benzene rings is 3. The summed E-state index contributed by atoms with van der Waals surface area (Å²) in [5.74, 6) is 1.24. The van der Waals surface area contributed by atoms with E-state index >= 15 is 0 Å². The number of amides is 2. The Hall–Kier alpha value is -4.49. The maximum atomic E-state index is 12.9. The van der Waals surface area contributed by atoms with Crippen molar-refractivity contribution in [1.29, 1.82) is 0 Å². The molecular formula is C30H28N4O3. The van der Waals surface area contributed by atoms with Crippen LogP contribution < -0.4 is 10.1 Å². The molecule has 186 valence electrons. The van der Waals surface area contributed by atoms with E-state index in [1.54, 1.807) is 30.5 Å². The van der Waals surface area contributed by atoms with E-state index in [0.717, 1.165) is 37.5 Å². The summed E-state index contributed by atoms with van der Waals surface area (Å²) >= 11 is 0. The summed E-state index contributed by atoms with van der Waals surface area (Å²) in [5, 5.41) is 2.92. The first-order valence-corrected chi connectivity index (χ1v) is 12.2. The molecular weight excluding hydrogens is 464 g/mol. The highest BCUT2D eigenvalue weighted by molar-refractivity contribution is 6.04. The number of hydrogen-bond acceptors (Lipinski definition) is 5. The van der Waals surface area contributed by atoms with E-state index in [0.29, 0.717) is 28.3 Å². The second kappa shape index (κ2) is 11.1. The zero-order valence-electron chi connectivity index (χ0n) is 20.6. The lowest BCUT2D eigenvalue weighted by Crippen LogP contribution is -2.47. The number of nitrogens with zero attached hydrogens (tertiary/aromatic N) is 3. The van der Waals surface area contributed by atoms with Gasteiger partial charge in [-0.3, -0.25) is 14.6 Å². The van der Waals surface area contributed by atoms with Crippen LogP contribution in [0.2, 0.25) is 0 Å². The highest BCUT2D eigenvalue weighted by Crippen LogP contribution is 2.24. The molecule has 2 heterocycles. The van der Waals surface area contributed by atoms with Crippen molar-refractivity contribution in [2.75, 3.05) is 38.5 Å². The van der Waals surface area contributed by atoms with Crippen LogP contribution in [0.3, 0.4) is 0 Å². The van der Waals surface area contributed by atoms with Gasteiger partial charge >= 0.3 is 0 Å². The Kier molecular flexibility index (Phi) is 7.23. The van der Waals surface area contributed by atoms with Gasteiger partial charge in [0.05, 0.1) is 5.69 Å². The molecule has 0 aliphatic carbocycles. The number of ether oxygens (including phenoxy) is 1. The molecule has 0 spiro atoms. The number of hydrogen-bond donors (Lipinski definition) is 1. The number of nitrogens with one attached hydrogen (secondary N) is 1. The first-order chi connectivity index (χ1) is 18.0. The van der Waals surface area contributed by atoms with Crippen LogP contribution in [0.15, 0.2) is 97.2 Å². The van der Waals surface area contributed by atoms with Crippen LogP contribution in [0.4, 0.5) is 5.69 Å². The Balaban J connectivity index is 1.23. The van der Waals surface area contributed by atoms with Crippen LogP contribution in [-0.4, -0.2) is 59.8 Å². The minimum Gasteiger partial charge on any atom is -0.457 e. The van der Waals surface area contributed by atoms with Crippen molar-refractivity contribution in [1.82, 2.24) is 14.8 Å². The third kappa shape index (κ3) is 6.02. The molecule has 1 N–H and O–H groups in total. The van der Waals surface area contributed by atoms with Crippen molar-refractivity contribution < 1.29 is 14.3 Å². The number of likely N-dealkylation sites (N-methyl/N-ethyl adjacent to an activating group) is 1. The quantitative estimate of drug-likeness (QED) is 0.401. The fourth-order valence-electron chi connectivity index (χ4n) is 4.14. The highest BCUT2D eigenvalue weighted by atomic mass is 16.5. The van der Waals surface area contributed by atoms with Crippen LogP contribution in [0.5, 0.6) is 11.5 Å². The number of anilines is 1. The molecule has 1 aliphatic heterocycles. The predicted octanol–water partition coefficient (Wildman–Crippen LogP) is 5.18. The Labute approximate surface area is 216 Å². The number of carbonyl (C=O) groups is 2. The van der Waals surface area contributed by atoms with Crippen LogP contribution >= 0.6 is 0 Å². The van der Waals surface area contributed by atoms with Gasteiger partial charge in [-0.15, -0.1) is 0 Å². The number of piperazine rings is 1. The van der Waals surface area contributed by atoms with Crippen LogP contribution in [0.1, 0.15) is 20.7 Å². The average molecular weight is 493 g/mol. The third-order valence-electron chi connectivity index (χ3n) is 6.33. The van der Waals surface area contributed by atoms with E-state index in [4.69, 9.17) is 4.74 Å². The minimum atomic E-state index is -0.234. The van der Waals surface area contributed by atoms with Crippen molar-refractivity contribution in [3.05, 3.63) is 108 Å². The van der Waals surface area contributed by atoms with Crippen molar-refractivity contribution in [3.8, 4) is 22.8 Å². The van der Waals surface area contributed by atoms with Gasteiger partial charge in [0.15, 0.2) is 0 Å². The van der Waals surface area contributed by atoms with Gasteiger partial charge in [-0.05, 0) is 67.7 Å². The summed E-state index contributed by atoms with van der Waals surface area (Å²) in [6.07, 6.45) is 1.62. The standard InChI is InChI=1S/C30H28N4O3/c1-33-17-19-34(20-18-33)30(36)23-9-7-22(8-10-23)28-21-24(15-16-31-28)29(35)32-25-11-13-27(14-12-25)37-26-5-3-2-4-6-26/h2-16,21H,17-20H2,1H3,(H,32,35). The van der Waals surface area contributed by atoms with E-state index in [-0.39, 0.29) is 11.8 Å². The lowest BCUT2D eigenvalue weighted by molar-refractivity contribution is 0.0664. The predicted molar refractivity (Wildman–Crippen MR) is 144 cm³/mol. The van der Waals surface area contributed by atoms with Crippen LogP contribution in [-0.2, 0) is 0 Å². The van der Waals surface area contributed by atoms with E-state index in [9.17, 15) is 9.59 Å². The maximum Gasteiger partial charge on any atom is 0.255 e. The zero-order valence-corrected chi connectivity index (χ0v) is 20.6. The lowest BCUT2D eigenvalue weighted by atomic mass is 10.1. The molecule has 0 radical (unpaired) electrons. The largest absolute Gasteiger partial charge is 0.457 e. The van der Waals surface area contributed by atoms with Crippen molar-refractivity contribution in [2.45, 2.75) is 0 Å². The molecule has 1 aromatic heterocycles. The Morgan fingerprint density at radius 3 is 2.16 bits per heavy atom. The molecule has 1 saturated heterocycles. The smallest absolute Gasteiger partial charge is 0.255 e. The molecule has 2 amide bonds. The van der Waals surface area contributed by atoms with Gasteiger partial charge in [-0.1, -0.05) is 30.3 Å². The van der Waals surface area contributed by atoms with Gasteiger partial charge < -0.3 is 19.9 Å². The summed E-state index contributed by atoms with van der Waals surface area (Å²) in [5.41, 5.74) is 3.31. The normalized spacial score (nSPS) is 13.7. The number of rotatable bonds is 6. The van der Waals surface area contributed by atoms with Gasteiger partial charge in [0.25, 0.3) is 11.8 Å². The molecule has 0 unspecified atom stereocenters. The van der Waals surface area contributed by atoms with Gasteiger partial charge in [0.2, 0.25) is 0 Å². The van der Waals surface area contributed by atoms with E-state index < -0.39 is 0 Å². The van der Waals surface area contributed by atoms with Gasteiger partial charge in [-0.2, -0.15) is 0 Å². The molecule has 1 fully saturated rings. The van der Waals surface area contributed by atoms with Gasteiger partial charge in [0.1, 0.15) is 11.5 Å². The fourth-order valence-corrected chi connectivity index (χ4v) is 4.14. The second-order valence-corrected chi connectivity index (χ2v) is 9.00. The van der Waals surface area contributed by atoms with Crippen molar-refractivity contribution in [2.24, 2.45) is 0 Å². The van der Waals surface area contributed by atoms with Crippen LogP contribution in [0, 0.1) is 0 Å². The Morgan fingerprint density at radius 2 is 1.46 bits per heavy atom. The second-order valence-electron chi connectivity index (χ2n) is 9.00. The Bertz CT molecular complexity index is 1360. The third-order valence-corrected chi connectivity index (χ3v) is 6.33. The molecule has 0 saturated carbocycles. The number of aromatic nitrogens is 1. The topological polar surface area (TPSA) is 74.8 Å². The van der Waals surface area contributed by atoms with Crippen molar-refractivity contribution in [3.63, 3.8) is 0 Å². The molecule has 0 bridgehead atoms. The van der Waals surface area contributed by atoms with E-state index in [2.05, 4.69) is 22.2 Å². The zero-order chi connectivity index (χ0) is 25.6. The molecule has 3 aromatic carbocycles. The SMILES string of the molecule is CN1CCN(C(=O)c2ccc(-c3cc(C(=O)Nc4ccc(Oc5ccccc5)cc4)ccn3)cc2)CC1. The molecule has 0 atom stereocenters. The van der Waals surface area contributed by atoms with Gasteiger partial charge in [0, 0.05) is 54.8 Å².